The van der Waals surface area contributed by atoms with Crippen molar-refractivity contribution >= 4 is 35.8 Å². The minimum Gasteiger partial charge on any atom is -0.339 e. The fourth-order valence-electron chi connectivity index (χ4n) is 2.55. The average Bonchev–Trinajstić information content (AvgIpc) is 2.51. The summed E-state index contributed by atoms with van der Waals surface area (Å²) >= 11 is 6.37. The Bertz CT molecular complexity index is 548. The van der Waals surface area contributed by atoms with Crippen LogP contribution in [0.3, 0.4) is 0 Å². The molecule has 1 nitrogen and oxygen atoms in total. The van der Waals surface area contributed by atoms with Gasteiger partial charge in [-0.3, -0.25) is 0 Å². The van der Waals surface area contributed by atoms with Gasteiger partial charge in [-0.05, 0) is 35.9 Å². The number of fused-ring (bicyclic) bond motifs is 2. The summed E-state index contributed by atoms with van der Waals surface area (Å²) < 4.78 is 0. The van der Waals surface area contributed by atoms with Crippen molar-refractivity contribution in [3.8, 4) is 0 Å². The first-order valence-corrected chi connectivity index (χ1v) is 8.52. The first-order valence-electron chi connectivity index (χ1n) is 7.07. The normalized spacial score (nSPS) is 14.6. The van der Waals surface area contributed by atoms with Crippen molar-refractivity contribution in [2.24, 2.45) is 5.92 Å². The van der Waals surface area contributed by atoms with Gasteiger partial charge in [-0.1, -0.05) is 49.4 Å². The Morgan fingerprint density at radius 2 is 1.55 bits per heavy atom. The van der Waals surface area contributed by atoms with Crippen LogP contribution in [0.25, 0.3) is 0 Å². The number of thiol groups is 1. The molecule has 104 valence electrons. The predicted molar refractivity (Wildman–Crippen MR) is 91.6 cm³/mol. The van der Waals surface area contributed by atoms with E-state index in [0.29, 0.717) is 5.92 Å². The first kappa shape index (κ1) is 13.9. The minimum absolute atomic E-state index is 0.613. The molecule has 0 fully saturated rings. The van der Waals surface area contributed by atoms with Crippen molar-refractivity contribution in [1.29, 1.82) is 0 Å². The molecule has 1 atom stereocenters. The molecular weight excluding hydrogens is 282 g/mol. The Morgan fingerprint density at radius 3 is 2.05 bits per heavy atom. The highest BCUT2D eigenvalue weighted by atomic mass is 32.2. The summed E-state index contributed by atoms with van der Waals surface area (Å²) in [7, 11) is 0. The third kappa shape index (κ3) is 2.57. The highest BCUT2D eigenvalue weighted by Gasteiger charge is 2.24. The SMILES string of the molecule is CCC(CS)CN1c2ccccc2Sc2ccccc21. The van der Waals surface area contributed by atoms with Crippen LogP contribution in [-0.2, 0) is 0 Å². The van der Waals surface area contributed by atoms with Gasteiger partial charge in [0.25, 0.3) is 0 Å². The van der Waals surface area contributed by atoms with Gasteiger partial charge in [0.05, 0.1) is 11.4 Å². The van der Waals surface area contributed by atoms with Crippen LogP contribution in [0.4, 0.5) is 11.4 Å². The number of benzene rings is 2. The lowest BCUT2D eigenvalue weighted by molar-refractivity contribution is 0.576. The Kier molecular flexibility index (Phi) is 4.27. The second-order valence-corrected chi connectivity index (χ2v) is 6.55. The summed E-state index contributed by atoms with van der Waals surface area (Å²) in [5.41, 5.74) is 2.66. The lowest BCUT2D eigenvalue weighted by Gasteiger charge is -2.34. The number of para-hydroxylation sites is 2. The largest absolute Gasteiger partial charge is 0.339 e. The van der Waals surface area contributed by atoms with E-state index in [0.717, 1.165) is 18.7 Å². The van der Waals surface area contributed by atoms with Gasteiger partial charge >= 0.3 is 0 Å². The van der Waals surface area contributed by atoms with E-state index in [2.05, 4.69) is 73.0 Å². The molecule has 0 bridgehead atoms. The molecule has 0 aliphatic carbocycles. The molecule has 1 unspecified atom stereocenters. The van der Waals surface area contributed by atoms with Crippen molar-refractivity contribution in [1.82, 2.24) is 0 Å². The zero-order chi connectivity index (χ0) is 13.9. The highest BCUT2D eigenvalue weighted by molar-refractivity contribution is 7.99. The van der Waals surface area contributed by atoms with Crippen LogP contribution in [0.5, 0.6) is 0 Å². The highest BCUT2D eigenvalue weighted by Crippen LogP contribution is 2.48. The zero-order valence-electron chi connectivity index (χ0n) is 11.6. The Morgan fingerprint density at radius 1 is 1.00 bits per heavy atom. The fraction of sp³-hybridized carbons (Fsp3) is 0.294. The summed E-state index contributed by atoms with van der Waals surface area (Å²) in [6.07, 6.45) is 1.16. The topological polar surface area (TPSA) is 3.24 Å². The Hall–Kier alpha value is -1.06. The van der Waals surface area contributed by atoms with Crippen molar-refractivity contribution in [2.45, 2.75) is 23.1 Å². The molecule has 20 heavy (non-hydrogen) atoms. The summed E-state index contributed by atoms with van der Waals surface area (Å²) in [5.74, 6) is 1.55. The summed E-state index contributed by atoms with van der Waals surface area (Å²) in [6, 6.07) is 17.4. The molecule has 0 saturated carbocycles. The van der Waals surface area contributed by atoms with Gasteiger partial charge in [0, 0.05) is 16.3 Å². The predicted octanol–water partition coefficient (Wildman–Crippen LogP) is 5.25. The van der Waals surface area contributed by atoms with Gasteiger partial charge in [0.2, 0.25) is 0 Å². The Balaban J connectivity index is 2.03. The van der Waals surface area contributed by atoms with E-state index in [1.165, 1.54) is 21.2 Å². The van der Waals surface area contributed by atoms with Crippen LogP contribution in [0.1, 0.15) is 13.3 Å². The van der Waals surface area contributed by atoms with Crippen LogP contribution in [0.15, 0.2) is 58.3 Å². The third-order valence-electron chi connectivity index (χ3n) is 3.81. The van der Waals surface area contributed by atoms with Crippen molar-refractivity contribution in [3.05, 3.63) is 48.5 Å². The number of nitrogens with zero attached hydrogens (tertiary/aromatic N) is 1. The van der Waals surface area contributed by atoms with E-state index in [1.54, 1.807) is 0 Å². The van der Waals surface area contributed by atoms with E-state index in [1.807, 2.05) is 11.8 Å². The molecule has 0 saturated heterocycles. The van der Waals surface area contributed by atoms with E-state index < -0.39 is 0 Å². The Labute approximate surface area is 130 Å². The second-order valence-electron chi connectivity index (χ2n) is 5.10. The molecule has 0 aromatic heterocycles. The molecule has 3 heteroatoms. The minimum atomic E-state index is 0.613. The van der Waals surface area contributed by atoms with Gasteiger partial charge in [0.15, 0.2) is 0 Å². The molecule has 3 rings (SSSR count). The van der Waals surface area contributed by atoms with Gasteiger partial charge in [-0.15, -0.1) is 0 Å². The van der Waals surface area contributed by atoms with Crippen molar-refractivity contribution < 1.29 is 0 Å². The van der Waals surface area contributed by atoms with Crippen LogP contribution < -0.4 is 4.90 Å². The molecular formula is C17H19NS2. The summed E-state index contributed by atoms with van der Waals surface area (Å²) in [5, 5.41) is 0. The maximum Gasteiger partial charge on any atom is 0.0552 e. The smallest absolute Gasteiger partial charge is 0.0552 e. The first-order chi connectivity index (χ1) is 9.83. The fourth-order valence-corrected chi connectivity index (χ4v) is 4.02. The summed E-state index contributed by atoms with van der Waals surface area (Å²) in [6.45, 7) is 3.28. The van der Waals surface area contributed by atoms with Crippen LogP contribution in [0.2, 0.25) is 0 Å². The van der Waals surface area contributed by atoms with Crippen LogP contribution in [-0.4, -0.2) is 12.3 Å². The van der Waals surface area contributed by atoms with Gasteiger partial charge < -0.3 is 4.90 Å². The molecule has 2 aromatic carbocycles. The third-order valence-corrected chi connectivity index (χ3v) is 5.46. The van der Waals surface area contributed by atoms with E-state index >= 15 is 0 Å². The molecule has 0 N–H and O–H groups in total. The number of hydrogen-bond acceptors (Lipinski definition) is 3. The molecule has 2 aromatic rings. The van der Waals surface area contributed by atoms with Crippen LogP contribution in [0, 0.1) is 5.92 Å². The number of rotatable bonds is 4. The monoisotopic (exact) mass is 301 g/mol. The molecule has 1 heterocycles. The lowest BCUT2D eigenvalue weighted by Crippen LogP contribution is -2.28. The van der Waals surface area contributed by atoms with E-state index in [9.17, 15) is 0 Å². The molecule has 1 aliphatic heterocycles. The van der Waals surface area contributed by atoms with E-state index in [4.69, 9.17) is 0 Å². The lowest BCUT2D eigenvalue weighted by atomic mass is 10.1. The van der Waals surface area contributed by atoms with Crippen molar-refractivity contribution in [2.75, 3.05) is 17.2 Å². The van der Waals surface area contributed by atoms with Gasteiger partial charge in [0.1, 0.15) is 0 Å². The standard InChI is InChI=1S/C17H19NS2/c1-2-13(12-19)11-18-14-7-3-5-9-16(14)20-17-10-6-4-8-15(17)18/h3-10,13,19H,2,11-12H2,1H3. The molecule has 0 radical (unpaired) electrons. The summed E-state index contributed by atoms with van der Waals surface area (Å²) in [4.78, 5) is 5.16. The van der Waals surface area contributed by atoms with Gasteiger partial charge in [-0.25, -0.2) is 0 Å². The molecule has 1 aliphatic rings. The molecule has 0 amide bonds. The van der Waals surface area contributed by atoms with Crippen molar-refractivity contribution in [3.63, 3.8) is 0 Å². The average molecular weight is 301 g/mol. The second kappa shape index (κ2) is 6.15. The van der Waals surface area contributed by atoms with E-state index in [-0.39, 0.29) is 0 Å². The quantitative estimate of drug-likeness (QED) is 0.769. The maximum absolute atomic E-state index is 4.50. The maximum atomic E-state index is 4.50. The van der Waals surface area contributed by atoms with Gasteiger partial charge in [-0.2, -0.15) is 12.6 Å². The molecule has 0 spiro atoms. The number of anilines is 2. The van der Waals surface area contributed by atoms with Crippen LogP contribution >= 0.6 is 24.4 Å². The zero-order valence-corrected chi connectivity index (χ0v) is 13.3. The number of hydrogen-bond donors (Lipinski definition) is 1.